The molecule has 0 heterocycles. The van der Waals surface area contributed by atoms with Crippen LogP contribution in [-0.2, 0) is 6.42 Å². The van der Waals surface area contributed by atoms with Crippen LogP contribution >= 0.6 is 11.6 Å². The molecule has 0 aliphatic carbocycles. The van der Waals surface area contributed by atoms with E-state index >= 15 is 0 Å². The standard InChI is InChI=1S/C16H16ClF2N/c1-2-20-16(9-11-3-6-13(18)7-4-11)14-10-12(17)5-8-15(14)19/h3-8,10,16,20H,2,9H2,1H3. The summed E-state index contributed by atoms with van der Waals surface area (Å²) in [6.45, 7) is 2.66. The summed E-state index contributed by atoms with van der Waals surface area (Å²) in [7, 11) is 0. The molecule has 4 heteroatoms. The molecule has 0 fully saturated rings. The van der Waals surface area contributed by atoms with Crippen LogP contribution in [0.3, 0.4) is 0 Å². The van der Waals surface area contributed by atoms with E-state index in [-0.39, 0.29) is 17.7 Å². The van der Waals surface area contributed by atoms with Gasteiger partial charge in [0.05, 0.1) is 0 Å². The number of hydrogen-bond donors (Lipinski definition) is 1. The number of nitrogens with one attached hydrogen (secondary N) is 1. The fourth-order valence-corrected chi connectivity index (χ4v) is 2.36. The van der Waals surface area contributed by atoms with Crippen molar-refractivity contribution in [3.63, 3.8) is 0 Å². The fourth-order valence-electron chi connectivity index (χ4n) is 2.18. The van der Waals surface area contributed by atoms with E-state index in [0.717, 1.165) is 5.56 Å². The van der Waals surface area contributed by atoms with Gasteiger partial charge in [0.25, 0.3) is 0 Å². The van der Waals surface area contributed by atoms with Crippen LogP contribution in [-0.4, -0.2) is 6.54 Å². The maximum absolute atomic E-state index is 14.0. The lowest BCUT2D eigenvalue weighted by atomic mass is 9.98. The zero-order chi connectivity index (χ0) is 14.5. The molecule has 0 amide bonds. The monoisotopic (exact) mass is 295 g/mol. The van der Waals surface area contributed by atoms with Crippen LogP contribution in [0.15, 0.2) is 42.5 Å². The highest BCUT2D eigenvalue weighted by Crippen LogP contribution is 2.24. The molecule has 20 heavy (non-hydrogen) atoms. The Hall–Kier alpha value is -1.45. The van der Waals surface area contributed by atoms with E-state index < -0.39 is 0 Å². The van der Waals surface area contributed by atoms with Crippen molar-refractivity contribution >= 4 is 11.6 Å². The van der Waals surface area contributed by atoms with Crippen molar-refractivity contribution in [2.24, 2.45) is 0 Å². The van der Waals surface area contributed by atoms with Crippen LogP contribution in [0.2, 0.25) is 5.02 Å². The van der Waals surface area contributed by atoms with E-state index in [0.29, 0.717) is 23.6 Å². The third kappa shape index (κ3) is 3.78. The minimum atomic E-state index is -0.289. The van der Waals surface area contributed by atoms with Gasteiger partial charge in [-0.15, -0.1) is 0 Å². The van der Waals surface area contributed by atoms with E-state index in [1.54, 1.807) is 18.2 Å². The summed E-state index contributed by atoms with van der Waals surface area (Å²) < 4.78 is 26.9. The van der Waals surface area contributed by atoms with Crippen LogP contribution < -0.4 is 5.32 Å². The normalized spacial score (nSPS) is 12.4. The number of halogens is 3. The molecule has 2 aromatic carbocycles. The van der Waals surface area contributed by atoms with Gasteiger partial charge in [0, 0.05) is 16.6 Å². The SMILES string of the molecule is CCNC(Cc1ccc(F)cc1)c1cc(Cl)ccc1F. The first-order chi connectivity index (χ1) is 9.60. The number of rotatable bonds is 5. The third-order valence-corrected chi connectivity index (χ3v) is 3.37. The highest BCUT2D eigenvalue weighted by Gasteiger charge is 2.16. The number of likely N-dealkylation sites (N-methyl/N-ethyl adjacent to an activating group) is 1. The van der Waals surface area contributed by atoms with Crippen molar-refractivity contribution < 1.29 is 8.78 Å². The third-order valence-electron chi connectivity index (χ3n) is 3.14. The first-order valence-corrected chi connectivity index (χ1v) is 6.90. The Morgan fingerprint density at radius 3 is 2.45 bits per heavy atom. The van der Waals surface area contributed by atoms with Crippen LogP contribution in [0.1, 0.15) is 24.1 Å². The highest BCUT2D eigenvalue weighted by molar-refractivity contribution is 6.30. The van der Waals surface area contributed by atoms with Crippen LogP contribution in [0.25, 0.3) is 0 Å². The van der Waals surface area contributed by atoms with Gasteiger partial charge in [-0.25, -0.2) is 8.78 Å². The molecule has 1 atom stereocenters. The van der Waals surface area contributed by atoms with Crippen molar-refractivity contribution in [3.8, 4) is 0 Å². The highest BCUT2D eigenvalue weighted by atomic mass is 35.5. The first-order valence-electron chi connectivity index (χ1n) is 6.53. The maximum Gasteiger partial charge on any atom is 0.128 e. The summed E-state index contributed by atoms with van der Waals surface area (Å²) in [5, 5.41) is 3.74. The molecule has 0 aliphatic rings. The van der Waals surface area contributed by atoms with E-state index in [9.17, 15) is 8.78 Å². The molecule has 0 spiro atoms. The fraction of sp³-hybridized carbons (Fsp3) is 0.250. The summed E-state index contributed by atoms with van der Waals surface area (Å²) in [6.07, 6.45) is 0.575. The van der Waals surface area contributed by atoms with Gasteiger partial charge >= 0.3 is 0 Å². The van der Waals surface area contributed by atoms with Gasteiger partial charge in [-0.1, -0.05) is 30.7 Å². The van der Waals surface area contributed by atoms with Gasteiger partial charge in [-0.05, 0) is 48.9 Å². The van der Waals surface area contributed by atoms with E-state index in [1.165, 1.54) is 24.3 Å². The molecule has 2 aromatic rings. The molecule has 0 aliphatic heterocycles. The molecular formula is C16H16ClF2N. The number of hydrogen-bond acceptors (Lipinski definition) is 1. The van der Waals surface area contributed by atoms with Gasteiger partial charge < -0.3 is 5.32 Å². The molecule has 0 aromatic heterocycles. The largest absolute Gasteiger partial charge is 0.310 e. The summed E-state index contributed by atoms with van der Waals surface area (Å²) in [6, 6.07) is 10.6. The molecule has 0 saturated heterocycles. The summed E-state index contributed by atoms with van der Waals surface area (Å²) in [5.74, 6) is -0.565. The molecule has 0 bridgehead atoms. The molecule has 106 valence electrons. The second-order valence-corrected chi connectivity index (χ2v) is 5.04. The van der Waals surface area contributed by atoms with Gasteiger partial charge in [0.15, 0.2) is 0 Å². The summed E-state index contributed by atoms with van der Waals surface area (Å²) in [4.78, 5) is 0. The molecule has 1 N–H and O–H groups in total. The average molecular weight is 296 g/mol. The van der Waals surface area contributed by atoms with Gasteiger partial charge in [-0.3, -0.25) is 0 Å². The van der Waals surface area contributed by atoms with Crippen molar-refractivity contribution in [2.45, 2.75) is 19.4 Å². The lowest BCUT2D eigenvalue weighted by Gasteiger charge is -2.19. The van der Waals surface area contributed by atoms with Crippen molar-refractivity contribution in [3.05, 3.63) is 70.2 Å². The Morgan fingerprint density at radius 2 is 1.80 bits per heavy atom. The predicted molar refractivity (Wildman–Crippen MR) is 77.9 cm³/mol. The predicted octanol–water partition coefficient (Wildman–Crippen LogP) is 4.51. The van der Waals surface area contributed by atoms with E-state index in [1.807, 2.05) is 6.92 Å². The minimum absolute atomic E-state index is 0.191. The van der Waals surface area contributed by atoms with Gasteiger partial charge in [0.2, 0.25) is 0 Å². The second kappa shape index (κ2) is 6.82. The van der Waals surface area contributed by atoms with E-state index in [4.69, 9.17) is 11.6 Å². The smallest absolute Gasteiger partial charge is 0.128 e. The molecule has 1 unspecified atom stereocenters. The Kier molecular flexibility index (Phi) is 5.10. The summed E-state index contributed by atoms with van der Waals surface area (Å²) >= 11 is 5.94. The second-order valence-electron chi connectivity index (χ2n) is 4.61. The lowest BCUT2D eigenvalue weighted by Crippen LogP contribution is -2.24. The Balaban J connectivity index is 2.26. The average Bonchev–Trinajstić information content (AvgIpc) is 2.43. The minimum Gasteiger partial charge on any atom is -0.310 e. The van der Waals surface area contributed by atoms with Gasteiger partial charge in [0.1, 0.15) is 11.6 Å². The van der Waals surface area contributed by atoms with Crippen LogP contribution in [0.4, 0.5) is 8.78 Å². The summed E-state index contributed by atoms with van der Waals surface area (Å²) in [5.41, 5.74) is 1.47. The zero-order valence-electron chi connectivity index (χ0n) is 11.2. The number of benzene rings is 2. The first kappa shape index (κ1) is 14.9. The molecule has 0 saturated carbocycles. The van der Waals surface area contributed by atoms with Crippen molar-refractivity contribution in [1.82, 2.24) is 5.32 Å². The molecule has 2 rings (SSSR count). The Labute approximate surface area is 122 Å². The van der Waals surface area contributed by atoms with Crippen molar-refractivity contribution in [2.75, 3.05) is 6.54 Å². The Morgan fingerprint density at radius 1 is 1.10 bits per heavy atom. The topological polar surface area (TPSA) is 12.0 Å². The van der Waals surface area contributed by atoms with Crippen LogP contribution in [0, 0.1) is 11.6 Å². The van der Waals surface area contributed by atoms with Gasteiger partial charge in [-0.2, -0.15) is 0 Å². The maximum atomic E-state index is 14.0. The molecule has 0 radical (unpaired) electrons. The quantitative estimate of drug-likeness (QED) is 0.855. The van der Waals surface area contributed by atoms with Crippen molar-refractivity contribution in [1.29, 1.82) is 0 Å². The van der Waals surface area contributed by atoms with E-state index in [2.05, 4.69) is 5.32 Å². The molecule has 1 nitrogen and oxygen atoms in total. The lowest BCUT2D eigenvalue weighted by molar-refractivity contribution is 0.509. The Bertz CT molecular complexity index is 569. The van der Waals surface area contributed by atoms with Crippen LogP contribution in [0.5, 0.6) is 0 Å². The molecular weight excluding hydrogens is 280 g/mol. The zero-order valence-corrected chi connectivity index (χ0v) is 11.9.